The van der Waals surface area contributed by atoms with Crippen LogP contribution in [0, 0.1) is 5.41 Å². The number of aliphatic carboxylic acids is 1. The predicted octanol–water partition coefficient (Wildman–Crippen LogP) is -0.119. The Balaban J connectivity index is 2.83. The van der Waals surface area contributed by atoms with Crippen LogP contribution in [0.25, 0.3) is 0 Å². The lowest BCUT2D eigenvalue weighted by molar-refractivity contribution is -0.151. The highest BCUT2D eigenvalue weighted by molar-refractivity contribution is 6.05. The fourth-order valence-corrected chi connectivity index (χ4v) is 1.55. The van der Waals surface area contributed by atoms with E-state index in [1.54, 1.807) is 27.7 Å². The molecule has 1 atom stereocenters. The van der Waals surface area contributed by atoms with Crippen LogP contribution in [0.3, 0.4) is 0 Å². The van der Waals surface area contributed by atoms with Gasteiger partial charge in [0.2, 0.25) is 11.8 Å². The molecule has 0 aromatic rings. The molecular weight excluding hydrogens is 224 g/mol. The Morgan fingerprint density at radius 2 is 1.88 bits per heavy atom. The van der Waals surface area contributed by atoms with Crippen molar-refractivity contribution in [2.75, 3.05) is 0 Å². The van der Waals surface area contributed by atoms with Crippen molar-refractivity contribution < 1.29 is 19.5 Å². The average molecular weight is 242 g/mol. The van der Waals surface area contributed by atoms with E-state index in [-0.39, 0.29) is 12.3 Å². The summed E-state index contributed by atoms with van der Waals surface area (Å²) in [6.45, 7) is 6.57. The van der Waals surface area contributed by atoms with Crippen molar-refractivity contribution in [3.8, 4) is 0 Å². The molecule has 0 aromatic carbocycles. The second kappa shape index (κ2) is 4.10. The van der Waals surface area contributed by atoms with Gasteiger partial charge in [-0.25, -0.2) is 0 Å². The number of carboxylic acid groups (broad SMARTS) is 1. The van der Waals surface area contributed by atoms with E-state index in [1.165, 1.54) is 0 Å². The minimum atomic E-state index is -1.06. The number of hydrogen-bond acceptors (Lipinski definition) is 4. The lowest BCUT2D eigenvalue weighted by Gasteiger charge is -2.40. The topological polar surface area (TPSA) is 95.5 Å². The molecule has 0 aliphatic carbocycles. The van der Waals surface area contributed by atoms with Gasteiger partial charge in [0.25, 0.3) is 0 Å². The first-order valence-corrected chi connectivity index (χ1v) is 5.43. The van der Waals surface area contributed by atoms with Crippen LogP contribution in [0.1, 0.15) is 34.1 Å². The molecule has 6 nitrogen and oxygen atoms in total. The van der Waals surface area contributed by atoms with Crippen molar-refractivity contribution in [2.45, 2.75) is 45.7 Å². The molecule has 0 bridgehead atoms. The number of hydrogen-bond donors (Lipinski definition) is 3. The van der Waals surface area contributed by atoms with Crippen molar-refractivity contribution >= 4 is 17.8 Å². The molecule has 1 fully saturated rings. The first-order chi connectivity index (χ1) is 7.58. The van der Waals surface area contributed by atoms with Crippen molar-refractivity contribution in [1.82, 2.24) is 10.6 Å². The second-order valence-electron chi connectivity index (χ2n) is 5.37. The van der Waals surface area contributed by atoms with E-state index >= 15 is 0 Å². The van der Waals surface area contributed by atoms with E-state index in [0.717, 1.165) is 0 Å². The zero-order valence-corrected chi connectivity index (χ0v) is 10.5. The maximum absolute atomic E-state index is 11.4. The van der Waals surface area contributed by atoms with Crippen LogP contribution >= 0.6 is 0 Å². The van der Waals surface area contributed by atoms with Crippen molar-refractivity contribution in [2.24, 2.45) is 5.41 Å². The summed E-state index contributed by atoms with van der Waals surface area (Å²) in [7, 11) is 0. The van der Waals surface area contributed by atoms with E-state index in [4.69, 9.17) is 5.11 Å². The fourth-order valence-electron chi connectivity index (χ4n) is 1.55. The molecule has 17 heavy (non-hydrogen) atoms. The van der Waals surface area contributed by atoms with Crippen molar-refractivity contribution in [3.63, 3.8) is 0 Å². The van der Waals surface area contributed by atoms with Gasteiger partial charge < -0.3 is 5.11 Å². The number of rotatable bonds is 4. The SMILES string of the molecule is CC(C)(NC1CC(=O)NC1=O)C(C)(C)C(=O)O. The standard InChI is InChI=1S/C11H18N2O4/c1-10(2,9(16)17)11(3,4)13-6-5-7(14)12-8(6)15/h6,13H,5H2,1-4H3,(H,16,17)(H,12,14,15). The normalized spacial score (nSPS) is 21.5. The molecule has 1 saturated heterocycles. The third-order valence-electron chi connectivity index (χ3n) is 3.60. The number of carbonyl (C=O) groups excluding carboxylic acids is 2. The molecule has 0 spiro atoms. The highest BCUT2D eigenvalue weighted by atomic mass is 16.4. The van der Waals surface area contributed by atoms with Crippen LogP contribution in [0.5, 0.6) is 0 Å². The summed E-state index contributed by atoms with van der Waals surface area (Å²) in [6, 6.07) is -0.656. The Morgan fingerprint density at radius 3 is 2.24 bits per heavy atom. The molecule has 1 aliphatic rings. The van der Waals surface area contributed by atoms with E-state index < -0.39 is 28.9 Å². The summed E-state index contributed by atoms with van der Waals surface area (Å²) in [6.07, 6.45) is 0.0535. The minimum Gasteiger partial charge on any atom is -0.481 e. The summed E-state index contributed by atoms with van der Waals surface area (Å²) in [4.78, 5) is 33.6. The summed E-state index contributed by atoms with van der Waals surface area (Å²) in [5, 5.41) is 14.3. The van der Waals surface area contributed by atoms with Crippen LogP contribution in [0.4, 0.5) is 0 Å². The first kappa shape index (κ1) is 13.6. The molecule has 1 heterocycles. The summed E-state index contributed by atoms with van der Waals surface area (Å²) < 4.78 is 0. The van der Waals surface area contributed by atoms with Gasteiger partial charge in [-0.15, -0.1) is 0 Å². The maximum atomic E-state index is 11.4. The van der Waals surface area contributed by atoms with Gasteiger partial charge in [-0.05, 0) is 27.7 Å². The second-order valence-corrected chi connectivity index (χ2v) is 5.37. The van der Waals surface area contributed by atoms with Gasteiger partial charge in [0, 0.05) is 5.54 Å². The number of carboxylic acids is 1. The molecular formula is C11H18N2O4. The zero-order chi connectivity index (χ0) is 13.4. The number of amides is 2. The fraction of sp³-hybridized carbons (Fsp3) is 0.727. The molecule has 1 aliphatic heterocycles. The van der Waals surface area contributed by atoms with E-state index in [0.29, 0.717) is 0 Å². The van der Waals surface area contributed by atoms with Gasteiger partial charge in [-0.2, -0.15) is 0 Å². The summed E-state index contributed by atoms with van der Waals surface area (Å²) in [5.41, 5.74) is -1.87. The lowest BCUT2D eigenvalue weighted by Crippen LogP contribution is -2.59. The van der Waals surface area contributed by atoms with Crippen molar-refractivity contribution in [3.05, 3.63) is 0 Å². The number of imide groups is 1. The van der Waals surface area contributed by atoms with Crippen LogP contribution in [0.15, 0.2) is 0 Å². The van der Waals surface area contributed by atoms with Crippen molar-refractivity contribution in [1.29, 1.82) is 0 Å². The molecule has 0 saturated carbocycles. The Morgan fingerprint density at radius 1 is 1.35 bits per heavy atom. The number of nitrogens with one attached hydrogen (secondary N) is 2. The molecule has 1 rings (SSSR count). The Bertz CT molecular complexity index is 374. The Labute approximate surface area is 99.8 Å². The minimum absolute atomic E-state index is 0.0535. The quantitative estimate of drug-likeness (QED) is 0.597. The summed E-state index contributed by atoms with van der Waals surface area (Å²) >= 11 is 0. The smallest absolute Gasteiger partial charge is 0.310 e. The third kappa shape index (κ3) is 2.46. The van der Waals surface area contributed by atoms with Crippen LogP contribution in [0.2, 0.25) is 0 Å². The summed E-state index contributed by atoms with van der Waals surface area (Å²) in [5.74, 6) is -1.69. The Kier molecular flexibility index (Phi) is 3.29. The van der Waals surface area contributed by atoms with Gasteiger partial charge in [-0.3, -0.25) is 25.0 Å². The third-order valence-corrected chi connectivity index (χ3v) is 3.60. The molecule has 96 valence electrons. The molecule has 2 amide bonds. The predicted molar refractivity (Wildman–Crippen MR) is 60.2 cm³/mol. The Hall–Kier alpha value is -1.43. The molecule has 1 unspecified atom stereocenters. The van der Waals surface area contributed by atoms with E-state index in [1.807, 2.05) is 0 Å². The van der Waals surface area contributed by atoms with Crippen LogP contribution < -0.4 is 10.6 Å². The van der Waals surface area contributed by atoms with Gasteiger partial charge in [0.1, 0.15) is 0 Å². The molecule has 0 radical (unpaired) electrons. The molecule has 6 heteroatoms. The largest absolute Gasteiger partial charge is 0.481 e. The highest BCUT2D eigenvalue weighted by Gasteiger charge is 2.46. The maximum Gasteiger partial charge on any atom is 0.310 e. The number of carbonyl (C=O) groups is 3. The average Bonchev–Trinajstić information content (AvgIpc) is 2.43. The van der Waals surface area contributed by atoms with Gasteiger partial charge in [0.15, 0.2) is 0 Å². The van der Waals surface area contributed by atoms with Crippen LogP contribution in [-0.2, 0) is 14.4 Å². The van der Waals surface area contributed by atoms with E-state index in [2.05, 4.69) is 10.6 Å². The monoisotopic (exact) mass is 242 g/mol. The highest BCUT2D eigenvalue weighted by Crippen LogP contribution is 2.31. The molecule has 3 N–H and O–H groups in total. The molecule has 0 aromatic heterocycles. The van der Waals surface area contributed by atoms with Gasteiger partial charge in [0.05, 0.1) is 17.9 Å². The van der Waals surface area contributed by atoms with Gasteiger partial charge >= 0.3 is 5.97 Å². The van der Waals surface area contributed by atoms with E-state index in [9.17, 15) is 14.4 Å². The van der Waals surface area contributed by atoms with Crippen LogP contribution in [-0.4, -0.2) is 34.5 Å². The van der Waals surface area contributed by atoms with Gasteiger partial charge in [-0.1, -0.05) is 0 Å². The lowest BCUT2D eigenvalue weighted by atomic mass is 9.74. The zero-order valence-electron chi connectivity index (χ0n) is 10.5. The first-order valence-electron chi connectivity index (χ1n) is 5.43.